The Kier molecular flexibility index (Phi) is 3.58. The lowest BCUT2D eigenvalue weighted by molar-refractivity contribution is -0.123. The van der Waals surface area contributed by atoms with E-state index in [-0.39, 0.29) is 18.3 Å². The van der Waals surface area contributed by atoms with Crippen LogP contribution >= 0.6 is 0 Å². The maximum absolute atomic E-state index is 13.7. The third kappa shape index (κ3) is 2.39. The summed E-state index contributed by atoms with van der Waals surface area (Å²) in [6.45, 7) is 0.954. The highest BCUT2D eigenvalue weighted by molar-refractivity contribution is 5.86. The quantitative estimate of drug-likeness (QED) is 0.807. The molecule has 2 N–H and O–H groups in total. The van der Waals surface area contributed by atoms with Crippen molar-refractivity contribution in [3.63, 3.8) is 0 Å². The molecule has 1 atom stereocenters. The number of nitrogens with zero attached hydrogens (tertiary/aromatic N) is 1. The SMILES string of the molecule is O=C1NCCN(c2ccccc2F)C1CCO. The van der Waals surface area contributed by atoms with Crippen LogP contribution in [-0.4, -0.2) is 36.8 Å². The fourth-order valence-corrected chi connectivity index (χ4v) is 2.10. The van der Waals surface area contributed by atoms with Gasteiger partial charge in [0.05, 0.1) is 5.69 Å². The number of hydrogen-bond donors (Lipinski definition) is 2. The highest BCUT2D eigenvalue weighted by Crippen LogP contribution is 2.23. The molecule has 5 heteroatoms. The first-order valence-electron chi connectivity index (χ1n) is 5.64. The van der Waals surface area contributed by atoms with Gasteiger partial charge in [0.15, 0.2) is 0 Å². The highest BCUT2D eigenvalue weighted by atomic mass is 19.1. The molecule has 17 heavy (non-hydrogen) atoms. The number of carbonyl (C=O) groups excluding carboxylic acids is 1. The number of piperazine rings is 1. The average molecular weight is 238 g/mol. The molecule has 2 rings (SSSR count). The van der Waals surface area contributed by atoms with Crippen LogP contribution in [0.3, 0.4) is 0 Å². The molecule has 1 heterocycles. The molecule has 0 aromatic heterocycles. The zero-order valence-electron chi connectivity index (χ0n) is 9.40. The summed E-state index contributed by atoms with van der Waals surface area (Å²) in [5.74, 6) is -0.501. The van der Waals surface area contributed by atoms with Crippen molar-refractivity contribution in [1.29, 1.82) is 0 Å². The lowest BCUT2D eigenvalue weighted by Gasteiger charge is -2.36. The molecule has 0 radical (unpaired) electrons. The summed E-state index contributed by atoms with van der Waals surface area (Å²) in [5.41, 5.74) is 0.417. The number of halogens is 1. The van der Waals surface area contributed by atoms with E-state index in [1.807, 2.05) is 0 Å². The fraction of sp³-hybridized carbons (Fsp3) is 0.417. The molecule has 1 amide bonds. The molecule has 1 aliphatic heterocycles. The number of rotatable bonds is 3. The zero-order chi connectivity index (χ0) is 12.3. The number of hydrogen-bond acceptors (Lipinski definition) is 3. The second-order valence-corrected chi connectivity index (χ2v) is 3.96. The van der Waals surface area contributed by atoms with E-state index >= 15 is 0 Å². The normalized spacial score (nSPS) is 20.2. The third-order valence-corrected chi connectivity index (χ3v) is 2.90. The minimum Gasteiger partial charge on any atom is -0.396 e. The van der Waals surface area contributed by atoms with Gasteiger partial charge in [0, 0.05) is 19.7 Å². The van der Waals surface area contributed by atoms with Crippen molar-refractivity contribution in [2.24, 2.45) is 0 Å². The predicted molar refractivity (Wildman–Crippen MR) is 62.2 cm³/mol. The molecular formula is C12H15FN2O2. The van der Waals surface area contributed by atoms with E-state index in [1.54, 1.807) is 23.1 Å². The minimum absolute atomic E-state index is 0.0942. The van der Waals surface area contributed by atoms with Crippen LogP contribution in [-0.2, 0) is 4.79 Å². The van der Waals surface area contributed by atoms with Crippen molar-refractivity contribution in [3.8, 4) is 0 Å². The van der Waals surface area contributed by atoms with Gasteiger partial charge in [-0.05, 0) is 18.6 Å². The molecule has 4 nitrogen and oxygen atoms in total. The predicted octanol–water partition coefficient (Wildman–Crippen LogP) is 0.513. The van der Waals surface area contributed by atoms with E-state index in [4.69, 9.17) is 5.11 Å². The number of para-hydroxylation sites is 1. The number of anilines is 1. The second kappa shape index (κ2) is 5.14. The molecule has 1 aliphatic rings. The Morgan fingerprint density at radius 1 is 1.47 bits per heavy atom. The van der Waals surface area contributed by atoms with Crippen LogP contribution in [0.4, 0.5) is 10.1 Å². The molecule has 1 fully saturated rings. The van der Waals surface area contributed by atoms with Crippen LogP contribution in [0.2, 0.25) is 0 Å². The van der Waals surface area contributed by atoms with Gasteiger partial charge in [-0.1, -0.05) is 12.1 Å². The van der Waals surface area contributed by atoms with Crippen LogP contribution in [0.5, 0.6) is 0 Å². The third-order valence-electron chi connectivity index (χ3n) is 2.90. The number of benzene rings is 1. The summed E-state index contributed by atoms with van der Waals surface area (Å²) in [7, 11) is 0. The summed E-state index contributed by atoms with van der Waals surface area (Å²) >= 11 is 0. The van der Waals surface area contributed by atoms with Crippen molar-refractivity contribution >= 4 is 11.6 Å². The largest absolute Gasteiger partial charge is 0.396 e. The Morgan fingerprint density at radius 2 is 2.24 bits per heavy atom. The molecule has 1 aromatic carbocycles. The Hall–Kier alpha value is -1.62. The van der Waals surface area contributed by atoms with E-state index in [0.29, 0.717) is 25.2 Å². The van der Waals surface area contributed by atoms with Crippen LogP contribution in [0, 0.1) is 5.82 Å². The molecule has 1 saturated heterocycles. The van der Waals surface area contributed by atoms with Gasteiger partial charge in [0.2, 0.25) is 5.91 Å². The zero-order valence-corrected chi connectivity index (χ0v) is 9.40. The molecule has 0 saturated carbocycles. The molecular weight excluding hydrogens is 223 g/mol. The molecule has 92 valence electrons. The number of aliphatic hydroxyl groups excluding tert-OH is 1. The van der Waals surface area contributed by atoms with Gasteiger partial charge in [-0.2, -0.15) is 0 Å². The Labute approximate surface area is 99.0 Å². The second-order valence-electron chi connectivity index (χ2n) is 3.96. The van der Waals surface area contributed by atoms with Gasteiger partial charge in [-0.15, -0.1) is 0 Å². The van der Waals surface area contributed by atoms with Crippen molar-refractivity contribution in [1.82, 2.24) is 5.32 Å². The maximum atomic E-state index is 13.7. The Balaban J connectivity index is 2.28. The van der Waals surface area contributed by atoms with E-state index in [0.717, 1.165) is 0 Å². The van der Waals surface area contributed by atoms with Crippen LogP contribution in [0.25, 0.3) is 0 Å². The van der Waals surface area contributed by atoms with Gasteiger partial charge in [-0.25, -0.2) is 4.39 Å². The minimum atomic E-state index is -0.495. The van der Waals surface area contributed by atoms with Gasteiger partial charge in [0.25, 0.3) is 0 Å². The number of carbonyl (C=O) groups is 1. The van der Waals surface area contributed by atoms with E-state index in [9.17, 15) is 9.18 Å². The lowest BCUT2D eigenvalue weighted by Crippen LogP contribution is -2.56. The first-order valence-corrected chi connectivity index (χ1v) is 5.64. The topological polar surface area (TPSA) is 52.6 Å². The molecule has 0 spiro atoms. The molecule has 1 unspecified atom stereocenters. The van der Waals surface area contributed by atoms with Crippen molar-refractivity contribution in [2.45, 2.75) is 12.5 Å². The molecule has 0 bridgehead atoms. The van der Waals surface area contributed by atoms with Gasteiger partial charge >= 0.3 is 0 Å². The maximum Gasteiger partial charge on any atom is 0.242 e. The smallest absolute Gasteiger partial charge is 0.242 e. The number of aliphatic hydroxyl groups is 1. The van der Waals surface area contributed by atoms with Crippen LogP contribution in [0.1, 0.15) is 6.42 Å². The van der Waals surface area contributed by atoms with E-state index < -0.39 is 6.04 Å². The summed E-state index contributed by atoms with van der Waals surface area (Å²) < 4.78 is 13.7. The van der Waals surface area contributed by atoms with Crippen molar-refractivity contribution < 1.29 is 14.3 Å². The monoisotopic (exact) mass is 238 g/mol. The highest BCUT2D eigenvalue weighted by Gasteiger charge is 2.30. The Bertz CT molecular complexity index is 411. The first-order chi connectivity index (χ1) is 8.24. The van der Waals surface area contributed by atoms with Gasteiger partial charge < -0.3 is 15.3 Å². The first kappa shape index (κ1) is 11.9. The fourth-order valence-electron chi connectivity index (χ4n) is 2.10. The number of nitrogens with one attached hydrogen (secondary N) is 1. The average Bonchev–Trinajstić information content (AvgIpc) is 2.33. The van der Waals surface area contributed by atoms with Crippen LogP contribution in [0.15, 0.2) is 24.3 Å². The van der Waals surface area contributed by atoms with Crippen molar-refractivity contribution in [2.75, 3.05) is 24.6 Å². The Morgan fingerprint density at radius 3 is 2.94 bits per heavy atom. The van der Waals surface area contributed by atoms with Gasteiger partial charge in [0.1, 0.15) is 11.9 Å². The standard InChI is InChI=1S/C12H15FN2O2/c13-9-3-1-2-4-10(9)15-7-6-14-12(17)11(15)5-8-16/h1-4,11,16H,5-8H2,(H,14,17). The van der Waals surface area contributed by atoms with Crippen LogP contribution < -0.4 is 10.2 Å². The lowest BCUT2D eigenvalue weighted by atomic mass is 10.1. The number of amides is 1. The van der Waals surface area contributed by atoms with E-state index in [1.165, 1.54) is 6.07 Å². The molecule has 0 aliphatic carbocycles. The van der Waals surface area contributed by atoms with Gasteiger partial charge in [-0.3, -0.25) is 4.79 Å². The summed E-state index contributed by atoms with van der Waals surface area (Å²) in [6.07, 6.45) is 0.306. The van der Waals surface area contributed by atoms with Crippen molar-refractivity contribution in [3.05, 3.63) is 30.1 Å². The summed E-state index contributed by atoms with van der Waals surface area (Å²) in [6, 6.07) is 5.88. The summed E-state index contributed by atoms with van der Waals surface area (Å²) in [4.78, 5) is 13.4. The molecule has 1 aromatic rings. The summed E-state index contributed by atoms with van der Waals surface area (Å²) in [5, 5.41) is 11.7. The van der Waals surface area contributed by atoms with E-state index in [2.05, 4.69) is 5.32 Å².